The molecule has 2 rings (SSSR count). The molecule has 0 saturated carbocycles. The number of ether oxygens (including phenoxy) is 2. The van der Waals surface area contributed by atoms with Crippen molar-refractivity contribution in [2.24, 2.45) is 5.11 Å². The van der Waals surface area contributed by atoms with Gasteiger partial charge in [0.2, 0.25) is 0 Å². The molecule has 2 heterocycles. The molecule has 2 aliphatic rings. The molecular weight excluding hydrogens is 310 g/mol. The second kappa shape index (κ2) is 10.1. The summed E-state index contributed by atoms with van der Waals surface area (Å²) in [5, 5.41) is 3.38. The van der Waals surface area contributed by atoms with Crippen molar-refractivity contribution in [2.75, 3.05) is 32.6 Å². The molecule has 0 amide bonds. The maximum Gasteiger partial charge on any atom is 0.264 e. The normalized spacial score (nSPS) is 17.5. The molecule has 0 fully saturated rings. The zero-order valence-corrected chi connectivity index (χ0v) is 13.4. The number of azide groups is 1. The third kappa shape index (κ3) is 9.28. The third-order valence-corrected chi connectivity index (χ3v) is 3.27. The predicted octanol–water partition coefficient (Wildman–Crippen LogP) is 2.65. The van der Waals surface area contributed by atoms with Gasteiger partial charge in [-0.3, -0.25) is 4.18 Å². The Labute approximate surface area is 130 Å². The molecule has 124 valence electrons. The quantitative estimate of drug-likeness (QED) is 0.333. The highest BCUT2D eigenvalue weighted by Crippen LogP contribution is 2.10. The average molecular weight is 331 g/mol. The van der Waals surface area contributed by atoms with Crippen molar-refractivity contribution in [1.29, 1.82) is 0 Å². The standard InChI is InChI=1S/C7H12O4S.C6H9N3O/c1-12(8,9)11-6-7-4-2-3-5-10-7;7-9-8-5-6-3-1-2-4-10-6/h4H,2-3,5-6H2,1H3;3H,1-2,4-5H2. The van der Waals surface area contributed by atoms with E-state index in [9.17, 15) is 8.42 Å². The Morgan fingerprint density at radius 1 is 1.23 bits per heavy atom. The number of allylic oxidation sites excluding steroid dienone is 2. The van der Waals surface area contributed by atoms with Crippen LogP contribution in [-0.4, -0.2) is 41.0 Å². The predicted molar refractivity (Wildman–Crippen MR) is 81.3 cm³/mol. The SMILES string of the molecule is CS(=O)(=O)OCC1=CCCCO1.[N-]=[N+]=NCC1=CCCCO1. The van der Waals surface area contributed by atoms with Crippen LogP contribution >= 0.6 is 0 Å². The second-order valence-corrected chi connectivity index (χ2v) is 6.32. The van der Waals surface area contributed by atoms with Crippen molar-refractivity contribution in [1.82, 2.24) is 0 Å². The van der Waals surface area contributed by atoms with E-state index in [-0.39, 0.29) is 6.61 Å². The van der Waals surface area contributed by atoms with E-state index in [1.54, 1.807) is 0 Å². The van der Waals surface area contributed by atoms with Gasteiger partial charge in [0.05, 0.1) is 31.8 Å². The Hall–Kier alpha value is -1.70. The Balaban J connectivity index is 0.000000224. The average Bonchev–Trinajstić information content (AvgIpc) is 2.53. The number of rotatable bonds is 5. The van der Waals surface area contributed by atoms with Gasteiger partial charge in [0, 0.05) is 4.91 Å². The molecule has 22 heavy (non-hydrogen) atoms. The minimum atomic E-state index is -3.34. The summed E-state index contributed by atoms with van der Waals surface area (Å²) < 4.78 is 36.0. The highest BCUT2D eigenvalue weighted by Gasteiger charge is 2.08. The number of hydrogen-bond acceptors (Lipinski definition) is 6. The monoisotopic (exact) mass is 331 g/mol. The van der Waals surface area contributed by atoms with Gasteiger partial charge in [-0.15, -0.1) is 0 Å². The van der Waals surface area contributed by atoms with Crippen molar-refractivity contribution in [2.45, 2.75) is 25.7 Å². The molecule has 8 nitrogen and oxygen atoms in total. The molecule has 0 atom stereocenters. The van der Waals surface area contributed by atoms with Gasteiger partial charge in [-0.05, 0) is 43.4 Å². The fraction of sp³-hybridized carbons (Fsp3) is 0.692. The fourth-order valence-corrected chi connectivity index (χ4v) is 2.02. The molecule has 0 radical (unpaired) electrons. The van der Waals surface area contributed by atoms with E-state index >= 15 is 0 Å². The number of hydrogen-bond donors (Lipinski definition) is 0. The van der Waals surface area contributed by atoms with E-state index in [1.807, 2.05) is 12.2 Å². The van der Waals surface area contributed by atoms with Crippen molar-refractivity contribution in [3.63, 3.8) is 0 Å². The lowest BCUT2D eigenvalue weighted by atomic mass is 10.2. The first-order chi connectivity index (χ1) is 10.5. The van der Waals surface area contributed by atoms with Gasteiger partial charge >= 0.3 is 0 Å². The van der Waals surface area contributed by atoms with Gasteiger partial charge in [-0.25, -0.2) is 0 Å². The Morgan fingerprint density at radius 2 is 1.82 bits per heavy atom. The van der Waals surface area contributed by atoms with Crippen LogP contribution in [0.3, 0.4) is 0 Å². The first kappa shape index (κ1) is 18.3. The third-order valence-electron chi connectivity index (χ3n) is 2.72. The molecule has 0 unspecified atom stereocenters. The lowest BCUT2D eigenvalue weighted by Crippen LogP contribution is -2.10. The van der Waals surface area contributed by atoms with Crippen LogP contribution in [0, 0.1) is 0 Å². The largest absolute Gasteiger partial charge is 0.498 e. The van der Waals surface area contributed by atoms with Crippen LogP contribution in [0.1, 0.15) is 25.7 Å². The summed E-state index contributed by atoms with van der Waals surface area (Å²) in [5.41, 5.74) is 7.97. The van der Waals surface area contributed by atoms with E-state index < -0.39 is 10.1 Å². The zero-order chi connectivity index (χ0) is 16.3. The van der Waals surface area contributed by atoms with E-state index in [0.29, 0.717) is 18.9 Å². The summed E-state index contributed by atoms with van der Waals surface area (Å²) in [5.74, 6) is 1.43. The Bertz CT molecular complexity index is 550. The molecule has 0 aromatic heterocycles. The molecule has 0 aliphatic carbocycles. The zero-order valence-electron chi connectivity index (χ0n) is 12.6. The highest BCUT2D eigenvalue weighted by molar-refractivity contribution is 7.85. The van der Waals surface area contributed by atoms with Crippen LogP contribution in [0.4, 0.5) is 0 Å². The van der Waals surface area contributed by atoms with Crippen LogP contribution < -0.4 is 0 Å². The Kier molecular flexibility index (Phi) is 8.42. The second-order valence-electron chi connectivity index (χ2n) is 4.68. The molecule has 0 aromatic carbocycles. The smallest absolute Gasteiger partial charge is 0.264 e. The van der Waals surface area contributed by atoms with Crippen molar-refractivity contribution in [3.05, 3.63) is 34.1 Å². The van der Waals surface area contributed by atoms with Gasteiger partial charge in [-0.1, -0.05) is 5.11 Å². The molecule has 0 bridgehead atoms. The molecule has 0 spiro atoms. The Morgan fingerprint density at radius 3 is 2.27 bits per heavy atom. The maximum absolute atomic E-state index is 10.6. The van der Waals surface area contributed by atoms with Gasteiger partial charge in [0.1, 0.15) is 12.4 Å². The van der Waals surface area contributed by atoms with Crippen molar-refractivity contribution >= 4 is 10.1 Å². The fourth-order valence-electron chi connectivity index (χ4n) is 1.69. The van der Waals surface area contributed by atoms with Crippen LogP contribution in [0.2, 0.25) is 0 Å². The molecule has 2 aliphatic heterocycles. The lowest BCUT2D eigenvalue weighted by Gasteiger charge is -2.13. The van der Waals surface area contributed by atoms with Gasteiger partial charge in [-0.2, -0.15) is 8.42 Å². The summed E-state index contributed by atoms with van der Waals surface area (Å²) >= 11 is 0. The van der Waals surface area contributed by atoms with Crippen molar-refractivity contribution in [3.8, 4) is 0 Å². The van der Waals surface area contributed by atoms with Crippen LogP contribution in [0.15, 0.2) is 28.8 Å². The van der Waals surface area contributed by atoms with E-state index in [1.165, 1.54) is 0 Å². The first-order valence-electron chi connectivity index (χ1n) is 7.00. The minimum Gasteiger partial charge on any atom is -0.498 e. The van der Waals surface area contributed by atoms with E-state index in [4.69, 9.17) is 15.0 Å². The van der Waals surface area contributed by atoms with E-state index in [2.05, 4.69) is 14.2 Å². The molecule has 9 heteroatoms. The van der Waals surface area contributed by atoms with Gasteiger partial charge in [0.15, 0.2) is 0 Å². The van der Waals surface area contributed by atoms with Gasteiger partial charge in [0.25, 0.3) is 10.1 Å². The van der Waals surface area contributed by atoms with Crippen LogP contribution in [0.5, 0.6) is 0 Å². The van der Waals surface area contributed by atoms with Crippen LogP contribution in [-0.2, 0) is 23.8 Å². The molecule has 0 aromatic rings. The van der Waals surface area contributed by atoms with E-state index in [0.717, 1.165) is 44.3 Å². The minimum absolute atomic E-state index is 0.0266. The lowest BCUT2D eigenvalue weighted by molar-refractivity contribution is 0.156. The summed E-state index contributed by atoms with van der Waals surface area (Å²) in [6.07, 6.45) is 8.88. The summed E-state index contributed by atoms with van der Waals surface area (Å²) in [6.45, 7) is 1.79. The van der Waals surface area contributed by atoms with Crippen LogP contribution in [0.25, 0.3) is 10.4 Å². The number of nitrogens with zero attached hydrogens (tertiary/aromatic N) is 3. The summed E-state index contributed by atoms with van der Waals surface area (Å²) in [6, 6.07) is 0. The highest BCUT2D eigenvalue weighted by atomic mass is 32.2. The maximum atomic E-state index is 10.6. The van der Waals surface area contributed by atoms with Crippen molar-refractivity contribution < 1.29 is 22.1 Å². The van der Waals surface area contributed by atoms with Gasteiger partial charge < -0.3 is 9.47 Å². The summed E-state index contributed by atoms with van der Waals surface area (Å²) in [4.78, 5) is 2.63. The molecule has 0 saturated heterocycles. The molecule has 0 N–H and O–H groups in total. The molecular formula is C13H21N3O5S. The topological polar surface area (TPSA) is 111 Å². The first-order valence-corrected chi connectivity index (χ1v) is 8.82. The summed E-state index contributed by atoms with van der Waals surface area (Å²) in [7, 11) is -3.34.